The summed E-state index contributed by atoms with van der Waals surface area (Å²) in [6, 6.07) is 14.6. The molecule has 2 aromatic carbocycles. The zero-order chi connectivity index (χ0) is 20.3. The molecule has 29 heavy (non-hydrogen) atoms. The van der Waals surface area contributed by atoms with Crippen LogP contribution in [-0.4, -0.2) is 37.6 Å². The third-order valence-corrected chi connectivity index (χ3v) is 6.35. The monoisotopic (exact) mass is 396 g/mol. The summed E-state index contributed by atoms with van der Waals surface area (Å²) in [7, 11) is 1.69. The number of piperidine rings is 1. The number of para-hydroxylation sites is 1. The van der Waals surface area contributed by atoms with Gasteiger partial charge >= 0.3 is 0 Å². The number of nitrogens with one attached hydrogen (secondary N) is 1. The van der Waals surface area contributed by atoms with Gasteiger partial charge in [0.25, 0.3) is 0 Å². The number of nitrogens with zero attached hydrogens (tertiary/aromatic N) is 1. The summed E-state index contributed by atoms with van der Waals surface area (Å²) in [5.41, 5.74) is 1.31. The van der Waals surface area contributed by atoms with Crippen LogP contribution in [0.4, 0.5) is 4.39 Å². The van der Waals surface area contributed by atoms with Crippen LogP contribution < -0.4 is 10.1 Å². The van der Waals surface area contributed by atoms with Crippen molar-refractivity contribution in [2.75, 3.05) is 26.7 Å². The Bertz CT molecular complexity index is 859. The molecule has 4 nitrogen and oxygen atoms in total. The highest BCUT2D eigenvalue weighted by molar-refractivity contribution is 5.91. The molecule has 1 aliphatic heterocycles. The van der Waals surface area contributed by atoms with Crippen LogP contribution in [0.3, 0.4) is 0 Å². The molecule has 1 saturated carbocycles. The fourth-order valence-electron chi connectivity index (χ4n) is 4.52. The first-order valence-corrected chi connectivity index (χ1v) is 10.6. The van der Waals surface area contributed by atoms with E-state index in [1.54, 1.807) is 13.2 Å². The maximum Gasteiger partial charge on any atom is 0.230 e. The average molecular weight is 397 g/mol. The number of hydrogen-bond donors (Lipinski definition) is 1. The molecule has 1 aliphatic carbocycles. The first-order chi connectivity index (χ1) is 14.1. The molecule has 0 bridgehead atoms. The van der Waals surface area contributed by atoms with Crippen LogP contribution in [0.25, 0.3) is 0 Å². The maximum absolute atomic E-state index is 13.7. The molecule has 1 atom stereocenters. The van der Waals surface area contributed by atoms with Crippen LogP contribution in [-0.2, 0) is 10.2 Å². The minimum absolute atomic E-state index is 0.00000685. The average Bonchev–Trinajstić information content (AvgIpc) is 3.57. The van der Waals surface area contributed by atoms with Gasteiger partial charge in [0.15, 0.2) is 0 Å². The summed E-state index contributed by atoms with van der Waals surface area (Å²) >= 11 is 0. The lowest BCUT2D eigenvalue weighted by Crippen LogP contribution is -2.43. The maximum atomic E-state index is 13.7. The summed E-state index contributed by atoms with van der Waals surface area (Å²) in [4.78, 5) is 15.6. The second-order valence-corrected chi connectivity index (χ2v) is 8.16. The third-order valence-electron chi connectivity index (χ3n) is 6.35. The lowest BCUT2D eigenvalue weighted by atomic mass is 9.94. The van der Waals surface area contributed by atoms with Gasteiger partial charge in [-0.15, -0.1) is 0 Å². The number of benzene rings is 2. The highest BCUT2D eigenvalue weighted by Crippen LogP contribution is 2.48. The molecule has 1 unspecified atom stereocenters. The van der Waals surface area contributed by atoms with E-state index in [4.69, 9.17) is 4.74 Å². The number of carbonyl (C=O) groups excluding carboxylic acids is 1. The minimum Gasteiger partial charge on any atom is -0.496 e. The van der Waals surface area contributed by atoms with Crippen molar-refractivity contribution in [3.8, 4) is 5.75 Å². The number of carbonyl (C=O) groups is 1. The summed E-state index contributed by atoms with van der Waals surface area (Å²) in [5.74, 6) is 0.561. The number of likely N-dealkylation sites (tertiary alicyclic amines) is 1. The minimum atomic E-state index is -0.574. The lowest BCUT2D eigenvalue weighted by Gasteiger charge is -2.36. The van der Waals surface area contributed by atoms with E-state index in [0.29, 0.717) is 6.54 Å². The predicted octanol–water partition coefficient (Wildman–Crippen LogP) is 4.21. The van der Waals surface area contributed by atoms with Gasteiger partial charge in [-0.1, -0.05) is 36.8 Å². The molecular formula is C24H29FN2O2. The summed E-state index contributed by atoms with van der Waals surface area (Å²) in [6.45, 7) is 2.57. The first-order valence-electron chi connectivity index (χ1n) is 10.6. The van der Waals surface area contributed by atoms with Gasteiger partial charge in [0.05, 0.1) is 18.6 Å². The molecule has 5 heteroatoms. The highest BCUT2D eigenvalue weighted by Gasteiger charge is 2.51. The number of halogens is 1. The number of amides is 1. The van der Waals surface area contributed by atoms with Gasteiger partial charge in [-0.25, -0.2) is 4.39 Å². The Hall–Kier alpha value is -2.40. The smallest absolute Gasteiger partial charge is 0.230 e. The molecule has 0 radical (unpaired) electrons. The van der Waals surface area contributed by atoms with Crippen LogP contribution in [0.2, 0.25) is 0 Å². The SMILES string of the molecule is COc1ccccc1C(CNC(=O)C1(c2cccc(F)c2)CC1)N1CCCCC1. The van der Waals surface area contributed by atoms with E-state index >= 15 is 0 Å². The molecule has 2 aliphatic rings. The van der Waals surface area contributed by atoms with Crippen molar-refractivity contribution in [3.63, 3.8) is 0 Å². The fourth-order valence-corrected chi connectivity index (χ4v) is 4.52. The Kier molecular flexibility index (Phi) is 5.86. The van der Waals surface area contributed by atoms with Crippen molar-refractivity contribution in [1.82, 2.24) is 10.2 Å². The Balaban J connectivity index is 1.53. The number of rotatable bonds is 7. The van der Waals surface area contributed by atoms with Crippen molar-refractivity contribution >= 4 is 5.91 Å². The first kappa shape index (κ1) is 19.9. The molecule has 154 valence electrons. The van der Waals surface area contributed by atoms with Crippen LogP contribution in [0.15, 0.2) is 48.5 Å². The standard InChI is InChI=1S/C24H29FN2O2/c1-29-22-11-4-3-10-20(22)21(27-14-5-2-6-15-27)17-26-23(28)24(12-13-24)18-8-7-9-19(25)16-18/h3-4,7-11,16,21H,2,5-6,12-15,17H2,1H3,(H,26,28). The van der Waals surface area contributed by atoms with E-state index in [2.05, 4.69) is 16.3 Å². The van der Waals surface area contributed by atoms with Gasteiger partial charge in [0.1, 0.15) is 11.6 Å². The zero-order valence-corrected chi connectivity index (χ0v) is 17.0. The quantitative estimate of drug-likeness (QED) is 0.762. The normalized spacial score (nSPS) is 19.4. The van der Waals surface area contributed by atoms with Gasteiger partial charge in [-0.2, -0.15) is 0 Å². The van der Waals surface area contributed by atoms with E-state index in [0.717, 1.165) is 42.8 Å². The largest absolute Gasteiger partial charge is 0.496 e. The Morgan fingerprint density at radius 1 is 1.14 bits per heavy atom. The molecule has 2 aromatic rings. The molecular weight excluding hydrogens is 367 g/mol. The molecule has 1 amide bonds. The van der Waals surface area contributed by atoms with E-state index in [9.17, 15) is 9.18 Å². The van der Waals surface area contributed by atoms with Crippen LogP contribution in [0.5, 0.6) is 5.75 Å². The molecule has 1 saturated heterocycles. The van der Waals surface area contributed by atoms with Crippen LogP contribution in [0.1, 0.15) is 49.3 Å². The van der Waals surface area contributed by atoms with Gasteiger partial charge in [0.2, 0.25) is 5.91 Å². The number of ether oxygens (including phenoxy) is 1. The fraction of sp³-hybridized carbons (Fsp3) is 0.458. The van der Waals surface area contributed by atoms with E-state index in [-0.39, 0.29) is 17.8 Å². The molecule has 1 heterocycles. The number of methoxy groups -OCH3 is 1. The van der Waals surface area contributed by atoms with Gasteiger partial charge in [-0.3, -0.25) is 9.69 Å². The molecule has 0 aromatic heterocycles. The van der Waals surface area contributed by atoms with E-state index < -0.39 is 5.41 Å². The van der Waals surface area contributed by atoms with Crippen molar-refractivity contribution in [2.24, 2.45) is 0 Å². The second kappa shape index (κ2) is 8.54. The summed E-state index contributed by atoms with van der Waals surface area (Å²) < 4.78 is 19.3. The van der Waals surface area contributed by atoms with Crippen LogP contribution >= 0.6 is 0 Å². The second-order valence-electron chi connectivity index (χ2n) is 8.16. The van der Waals surface area contributed by atoms with Gasteiger partial charge < -0.3 is 10.1 Å². The van der Waals surface area contributed by atoms with E-state index in [1.807, 2.05) is 24.3 Å². The topological polar surface area (TPSA) is 41.6 Å². The lowest BCUT2D eigenvalue weighted by molar-refractivity contribution is -0.123. The summed E-state index contributed by atoms with van der Waals surface area (Å²) in [6.07, 6.45) is 5.14. The third kappa shape index (κ3) is 4.15. The van der Waals surface area contributed by atoms with Crippen molar-refractivity contribution in [3.05, 3.63) is 65.5 Å². The van der Waals surface area contributed by atoms with Crippen molar-refractivity contribution in [2.45, 2.75) is 43.6 Å². The molecule has 0 spiro atoms. The molecule has 4 rings (SSSR count). The number of hydrogen-bond acceptors (Lipinski definition) is 3. The zero-order valence-electron chi connectivity index (χ0n) is 17.0. The van der Waals surface area contributed by atoms with Crippen molar-refractivity contribution in [1.29, 1.82) is 0 Å². The van der Waals surface area contributed by atoms with Crippen LogP contribution in [0, 0.1) is 5.82 Å². The summed E-state index contributed by atoms with van der Waals surface area (Å²) in [5, 5.41) is 3.19. The van der Waals surface area contributed by atoms with Gasteiger partial charge in [-0.05, 0) is 62.5 Å². The Morgan fingerprint density at radius 3 is 2.59 bits per heavy atom. The highest BCUT2D eigenvalue weighted by atomic mass is 19.1. The molecule has 1 N–H and O–H groups in total. The van der Waals surface area contributed by atoms with E-state index in [1.165, 1.54) is 31.4 Å². The Morgan fingerprint density at radius 2 is 1.90 bits per heavy atom. The van der Waals surface area contributed by atoms with Gasteiger partial charge in [0, 0.05) is 12.1 Å². The molecule has 2 fully saturated rings. The van der Waals surface area contributed by atoms with Crippen molar-refractivity contribution < 1.29 is 13.9 Å². The predicted molar refractivity (Wildman–Crippen MR) is 111 cm³/mol. The Labute approximate surface area is 172 Å².